The van der Waals surface area contributed by atoms with Crippen LogP contribution >= 0.6 is 34.8 Å². The molecule has 0 bridgehead atoms. The van der Waals surface area contributed by atoms with E-state index in [1.807, 2.05) is 36.4 Å². The van der Waals surface area contributed by atoms with Gasteiger partial charge in [-0.05, 0) is 24.1 Å². The van der Waals surface area contributed by atoms with Crippen LogP contribution in [0.2, 0.25) is 5.02 Å². The van der Waals surface area contributed by atoms with E-state index in [1.165, 1.54) is 0 Å². The van der Waals surface area contributed by atoms with Crippen LogP contribution in [0.3, 0.4) is 0 Å². The molecule has 0 saturated heterocycles. The van der Waals surface area contributed by atoms with Crippen molar-refractivity contribution in [2.24, 2.45) is 5.92 Å². The fourth-order valence-electron chi connectivity index (χ4n) is 1.24. The van der Waals surface area contributed by atoms with Gasteiger partial charge < -0.3 is 0 Å². The molecule has 1 atom stereocenters. The van der Waals surface area contributed by atoms with Crippen molar-refractivity contribution in [3.8, 4) is 0 Å². The van der Waals surface area contributed by atoms with Crippen LogP contribution in [-0.4, -0.2) is 4.33 Å². The fraction of sp³-hybridized carbons (Fsp3) is 0.273. The third-order valence-corrected chi connectivity index (χ3v) is 3.39. The largest absolute Gasteiger partial charge is 0.125 e. The zero-order valence-corrected chi connectivity index (χ0v) is 9.65. The van der Waals surface area contributed by atoms with Crippen molar-refractivity contribution in [3.05, 3.63) is 40.9 Å². The van der Waals surface area contributed by atoms with Gasteiger partial charge in [-0.15, -0.1) is 23.2 Å². The maximum absolute atomic E-state index is 5.89. The first-order valence-electron chi connectivity index (χ1n) is 4.39. The van der Waals surface area contributed by atoms with Crippen molar-refractivity contribution < 1.29 is 0 Å². The van der Waals surface area contributed by atoms with Gasteiger partial charge in [0.05, 0.1) is 0 Å². The lowest BCUT2D eigenvalue weighted by molar-refractivity contribution is 1.10. The Morgan fingerprint density at radius 2 is 1.79 bits per heavy atom. The lowest BCUT2D eigenvalue weighted by Gasteiger charge is -1.94. The van der Waals surface area contributed by atoms with Crippen LogP contribution in [0.4, 0.5) is 0 Å². The van der Waals surface area contributed by atoms with E-state index in [-0.39, 0.29) is 0 Å². The second kappa shape index (κ2) is 3.77. The van der Waals surface area contributed by atoms with E-state index in [1.54, 1.807) is 0 Å². The molecule has 1 fully saturated rings. The molecule has 0 spiro atoms. The number of hydrogen-bond donors (Lipinski definition) is 0. The van der Waals surface area contributed by atoms with Gasteiger partial charge in [0.1, 0.15) is 4.33 Å². The van der Waals surface area contributed by atoms with Gasteiger partial charge >= 0.3 is 0 Å². The van der Waals surface area contributed by atoms with E-state index in [0.29, 0.717) is 5.92 Å². The highest BCUT2D eigenvalue weighted by molar-refractivity contribution is 6.51. The number of halogens is 3. The van der Waals surface area contributed by atoms with Crippen LogP contribution in [0.5, 0.6) is 0 Å². The molecular weight excluding hydrogens is 238 g/mol. The van der Waals surface area contributed by atoms with E-state index >= 15 is 0 Å². The van der Waals surface area contributed by atoms with E-state index in [0.717, 1.165) is 17.0 Å². The van der Waals surface area contributed by atoms with Gasteiger partial charge in [0, 0.05) is 10.9 Å². The Morgan fingerprint density at radius 1 is 1.21 bits per heavy atom. The maximum Gasteiger partial charge on any atom is 0.125 e. The summed E-state index contributed by atoms with van der Waals surface area (Å²) in [6.07, 6.45) is 4.91. The zero-order chi connectivity index (χ0) is 10.2. The van der Waals surface area contributed by atoms with Gasteiger partial charge in [0.25, 0.3) is 0 Å². The quantitative estimate of drug-likeness (QED) is 0.673. The molecule has 0 nitrogen and oxygen atoms in total. The van der Waals surface area contributed by atoms with Gasteiger partial charge in [-0.1, -0.05) is 35.9 Å². The second-order valence-electron chi connectivity index (χ2n) is 3.48. The summed E-state index contributed by atoms with van der Waals surface area (Å²) in [5.41, 5.74) is 1.12. The smallest absolute Gasteiger partial charge is 0.101 e. The van der Waals surface area contributed by atoms with Crippen molar-refractivity contribution in [2.75, 3.05) is 0 Å². The van der Waals surface area contributed by atoms with Crippen molar-refractivity contribution in [2.45, 2.75) is 10.8 Å². The highest BCUT2D eigenvalue weighted by Gasteiger charge is 2.49. The van der Waals surface area contributed by atoms with Gasteiger partial charge in [-0.3, -0.25) is 0 Å². The monoisotopic (exact) mass is 246 g/mol. The molecule has 74 valence electrons. The first-order chi connectivity index (χ1) is 6.58. The van der Waals surface area contributed by atoms with E-state index < -0.39 is 4.33 Å². The molecule has 14 heavy (non-hydrogen) atoms. The summed E-state index contributed by atoms with van der Waals surface area (Å²) < 4.78 is -0.525. The summed E-state index contributed by atoms with van der Waals surface area (Å²) in [5, 5.41) is 0.748. The van der Waals surface area contributed by atoms with Crippen LogP contribution in [0.1, 0.15) is 12.0 Å². The normalized spacial score (nSPS) is 24.1. The average Bonchev–Trinajstić information content (AvgIpc) is 2.73. The molecule has 3 heteroatoms. The molecule has 1 saturated carbocycles. The van der Waals surface area contributed by atoms with Crippen molar-refractivity contribution in [3.63, 3.8) is 0 Å². The van der Waals surface area contributed by atoms with Crippen LogP contribution in [-0.2, 0) is 0 Å². The summed E-state index contributed by atoms with van der Waals surface area (Å²) in [4.78, 5) is 0. The summed E-state index contributed by atoms with van der Waals surface area (Å²) in [7, 11) is 0. The minimum absolute atomic E-state index is 0.293. The Hall–Kier alpha value is -0.170. The predicted molar refractivity (Wildman–Crippen MR) is 63.0 cm³/mol. The fourth-order valence-corrected chi connectivity index (χ4v) is 1.85. The zero-order valence-electron chi connectivity index (χ0n) is 7.38. The van der Waals surface area contributed by atoms with Crippen molar-refractivity contribution >= 4 is 40.9 Å². The molecule has 0 radical (unpaired) electrons. The molecule has 0 N–H and O–H groups in total. The topological polar surface area (TPSA) is 0 Å². The van der Waals surface area contributed by atoms with Crippen LogP contribution in [0.25, 0.3) is 6.08 Å². The van der Waals surface area contributed by atoms with Gasteiger partial charge in [-0.25, -0.2) is 0 Å². The maximum atomic E-state index is 5.89. The third-order valence-electron chi connectivity index (χ3n) is 2.27. The molecule has 1 aliphatic carbocycles. The number of benzene rings is 1. The molecule has 0 heterocycles. The van der Waals surface area contributed by atoms with Gasteiger partial charge in [-0.2, -0.15) is 0 Å². The minimum atomic E-state index is -0.525. The van der Waals surface area contributed by atoms with Gasteiger partial charge in [0.2, 0.25) is 0 Å². The number of hydrogen-bond acceptors (Lipinski definition) is 0. The van der Waals surface area contributed by atoms with E-state index in [9.17, 15) is 0 Å². The van der Waals surface area contributed by atoms with Crippen LogP contribution < -0.4 is 0 Å². The average molecular weight is 248 g/mol. The predicted octanol–water partition coefficient (Wildman–Crippen LogP) is 4.55. The summed E-state index contributed by atoms with van der Waals surface area (Å²) in [5.74, 6) is 0.293. The highest BCUT2D eigenvalue weighted by atomic mass is 35.5. The molecule has 1 aromatic rings. The molecule has 1 aliphatic rings. The van der Waals surface area contributed by atoms with Gasteiger partial charge in [0.15, 0.2) is 0 Å². The Labute approximate surface area is 98.5 Å². The van der Waals surface area contributed by atoms with Crippen molar-refractivity contribution in [1.82, 2.24) is 0 Å². The lowest BCUT2D eigenvalue weighted by Crippen LogP contribution is -1.84. The first-order valence-corrected chi connectivity index (χ1v) is 5.53. The standard InChI is InChI=1S/C11H9Cl3/c12-10-5-2-8(3-6-10)1-4-9-7-11(9,13)14/h1-6,9H,7H2. The molecule has 0 amide bonds. The van der Waals surface area contributed by atoms with Crippen molar-refractivity contribution in [1.29, 1.82) is 0 Å². The molecule has 0 aromatic heterocycles. The Morgan fingerprint density at radius 3 is 2.29 bits per heavy atom. The molecule has 1 unspecified atom stereocenters. The number of rotatable bonds is 2. The van der Waals surface area contributed by atoms with Crippen LogP contribution in [0, 0.1) is 5.92 Å². The third kappa shape index (κ3) is 2.44. The summed E-state index contributed by atoms with van der Waals surface area (Å²) >= 11 is 17.5. The van der Waals surface area contributed by atoms with E-state index in [2.05, 4.69) is 0 Å². The summed E-state index contributed by atoms with van der Waals surface area (Å²) in [6.45, 7) is 0. The lowest BCUT2D eigenvalue weighted by atomic mass is 10.2. The first kappa shape index (κ1) is 10.4. The summed E-state index contributed by atoms with van der Waals surface area (Å²) in [6, 6.07) is 7.66. The number of allylic oxidation sites excluding steroid dienone is 1. The Kier molecular flexibility index (Phi) is 2.79. The van der Waals surface area contributed by atoms with E-state index in [4.69, 9.17) is 34.8 Å². The molecule has 2 rings (SSSR count). The highest BCUT2D eigenvalue weighted by Crippen LogP contribution is 2.54. The number of alkyl halides is 2. The molecular formula is C11H9Cl3. The molecule has 0 aliphatic heterocycles. The molecule has 1 aromatic carbocycles. The SMILES string of the molecule is Clc1ccc(C=CC2CC2(Cl)Cl)cc1. The van der Waals surface area contributed by atoms with Crippen LogP contribution in [0.15, 0.2) is 30.3 Å². The second-order valence-corrected chi connectivity index (χ2v) is 5.46. The Bertz CT molecular complexity index is 351. The minimum Gasteiger partial charge on any atom is -0.101 e. The Balaban J connectivity index is 2.01.